The fourth-order valence-electron chi connectivity index (χ4n) is 1.38. The molecule has 5 nitrogen and oxygen atoms in total. The molecule has 1 saturated heterocycles. The summed E-state index contributed by atoms with van der Waals surface area (Å²) in [6, 6.07) is 0. The number of carbonyl (C=O) groups excluding carboxylic acids is 1. The number of aliphatic hydroxyl groups is 2. The number of rotatable bonds is 5. The van der Waals surface area contributed by atoms with Crippen molar-refractivity contribution in [2.75, 3.05) is 19.8 Å². The van der Waals surface area contributed by atoms with Crippen LogP contribution in [0, 0.1) is 0 Å². The molecule has 0 bridgehead atoms. The molecule has 1 rings (SSSR count). The lowest BCUT2D eigenvalue weighted by Crippen LogP contribution is -2.35. The van der Waals surface area contributed by atoms with E-state index in [9.17, 15) is 4.79 Å². The average Bonchev–Trinajstić information content (AvgIpc) is 2.66. The Morgan fingerprint density at radius 1 is 1.64 bits per heavy atom. The summed E-state index contributed by atoms with van der Waals surface area (Å²) in [5.74, 6) is -0.135. The summed E-state index contributed by atoms with van der Waals surface area (Å²) < 4.78 is 5.28. The highest BCUT2D eigenvalue weighted by molar-refractivity contribution is 5.76. The maximum Gasteiger partial charge on any atom is 0.222 e. The van der Waals surface area contributed by atoms with E-state index in [1.54, 1.807) is 0 Å². The van der Waals surface area contributed by atoms with Gasteiger partial charge < -0.3 is 20.3 Å². The third-order valence-electron chi connectivity index (χ3n) is 2.18. The van der Waals surface area contributed by atoms with Crippen LogP contribution in [0.4, 0.5) is 0 Å². The number of aliphatic hydroxyl groups excluding tert-OH is 2. The normalized spacial score (nSPS) is 23.4. The molecule has 1 aliphatic heterocycles. The molecule has 0 radical (unpaired) electrons. The SMILES string of the molecule is O=C(CC1CCCO1)NCC(O)CO. The lowest BCUT2D eigenvalue weighted by atomic mass is 10.2. The molecule has 1 aliphatic rings. The second-order valence-electron chi connectivity index (χ2n) is 3.48. The monoisotopic (exact) mass is 203 g/mol. The molecule has 2 atom stereocenters. The van der Waals surface area contributed by atoms with Gasteiger partial charge in [0.15, 0.2) is 0 Å². The van der Waals surface area contributed by atoms with Gasteiger partial charge in [-0.3, -0.25) is 4.79 Å². The van der Waals surface area contributed by atoms with Crippen LogP contribution in [0.2, 0.25) is 0 Å². The highest BCUT2D eigenvalue weighted by Gasteiger charge is 2.19. The third kappa shape index (κ3) is 4.04. The Labute approximate surface area is 83.1 Å². The van der Waals surface area contributed by atoms with Gasteiger partial charge in [0, 0.05) is 13.2 Å². The van der Waals surface area contributed by atoms with Crippen molar-refractivity contribution in [2.24, 2.45) is 0 Å². The van der Waals surface area contributed by atoms with Crippen LogP contribution in [0.3, 0.4) is 0 Å². The van der Waals surface area contributed by atoms with Crippen molar-refractivity contribution in [2.45, 2.75) is 31.5 Å². The second-order valence-corrected chi connectivity index (χ2v) is 3.48. The first-order valence-corrected chi connectivity index (χ1v) is 4.89. The molecule has 82 valence electrons. The minimum atomic E-state index is -0.872. The second kappa shape index (κ2) is 5.95. The first-order valence-electron chi connectivity index (χ1n) is 4.89. The van der Waals surface area contributed by atoms with Crippen molar-refractivity contribution in [1.29, 1.82) is 0 Å². The molecule has 1 amide bonds. The molecule has 1 heterocycles. The fraction of sp³-hybridized carbons (Fsp3) is 0.889. The van der Waals surface area contributed by atoms with Crippen molar-refractivity contribution in [3.63, 3.8) is 0 Å². The maximum atomic E-state index is 11.2. The summed E-state index contributed by atoms with van der Waals surface area (Å²) in [6.07, 6.45) is 1.44. The molecule has 0 aromatic heterocycles. The Morgan fingerprint density at radius 2 is 2.43 bits per heavy atom. The van der Waals surface area contributed by atoms with Gasteiger partial charge in [-0.05, 0) is 12.8 Å². The smallest absolute Gasteiger partial charge is 0.222 e. The van der Waals surface area contributed by atoms with E-state index in [-0.39, 0.29) is 25.2 Å². The van der Waals surface area contributed by atoms with Gasteiger partial charge in [-0.25, -0.2) is 0 Å². The molecule has 0 saturated carbocycles. The zero-order valence-electron chi connectivity index (χ0n) is 8.11. The first-order chi connectivity index (χ1) is 6.72. The van der Waals surface area contributed by atoms with Gasteiger partial charge in [0.2, 0.25) is 5.91 Å². The van der Waals surface area contributed by atoms with Gasteiger partial charge in [-0.15, -0.1) is 0 Å². The number of ether oxygens (including phenoxy) is 1. The summed E-state index contributed by atoms with van der Waals surface area (Å²) in [7, 11) is 0. The van der Waals surface area contributed by atoms with Crippen molar-refractivity contribution in [3.8, 4) is 0 Å². The quantitative estimate of drug-likeness (QED) is 0.537. The van der Waals surface area contributed by atoms with Crippen LogP contribution < -0.4 is 5.32 Å². The van der Waals surface area contributed by atoms with Crippen molar-refractivity contribution >= 4 is 5.91 Å². The Bertz CT molecular complexity index is 180. The minimum Gasteiger partial charge on any atom is -0.394 e. The van der Waals surface area contributed by atoms with Crippen LogP contribution in [0.15, 0.2) is 0 Å². The van der Waals surface area contributed by atoms with E-state index in [1.807, 2.05) is 0 Å². The fourth-order valence-corrected chi connectivity index (χ4v) is 1.38. The molecule has 0 aliphatic carbocycles. The topological polar surface area (TPSA) is 78.8 Å². The predicted molar refractivity (Wildman–Crippen MR) is 49.7 cm³/mol. The van der Waals surface area contributed by atoms with E-state index < -0.39 is 6.10 Å². The maximum absolute atomic E-state index is 11.2. The van der Waals surface area contributed by atoms with Gasteiger partial charge >= 0.3 is 0 Å². The molecule has 5 heteroatoms. The third-order valence-corrected chi connectivity index (χ3v) is 2.18. The van der Waals surface area contributed by atoms with E-state index in [4.69, 9.17) is 14.9 Å². The van der Waals surface area contributed by atoms with E-state index >= 15 is 0 Å². The number of nitrogens with one attached hydrogen (secondary N) is 1. The van der Waals surface area contributed by atoms with Crippen LogP contribution in [-0.4, -0.2) is 48.1 Å². The summed E-state index contributed by atoms with van der Waals surface area (Å²) in [5, 5.41) is 20.0. The van der Waals surface area contributed by atoms with Crippen molar-refractivity contribution < 1.29 is 19.7 Å². The number of hydrogen-bond acceptors (Lipinski definition) is 4. The molecule has 0 aromatic carbocycles. The highest BCUT2D eigenvalue weighted by Crippen LogP contribution is 2.14. The molecule has 0 spiro atoms. The molecule has 1 fully saturated rings. The summed E-state index contributed by atoms with van der Waals surface area (Å²) in [5.41, 5.74) is 0. The number of hydrogen-bond donors (Lipinski definition) is 3. The number of carbonyl (C=O) groups is 1. The van der Waals surface area contributed by atoms with Gasteiger partial charge in [0.1, 0.15) is 0 Å². The molecule has 2 unspecified atom stereocenters. The summed E-state index contributed by atoms with van der Waals surface area (Å²) in [4.78, 5) is 11.2. The predicted octanol–water partition coefficient (Wildman–Crippen LogP) is -0.975. The van der Waals surface area contributed by atoms with Crippen LogP contribution in [0.5, 0.6) is 0 Å². The Morgan fingerprint density at radius 3 is 3.00 bits per heavy atom. The molecular weight excluding hydrogens is 186 g/mol. The number of amides is 1. The van der Waals surface area contributed by atoms with Gasteiger partial charge in [0.05, 0.1) is 25.2 Å². The van der Waals surface area contributed by atoms with Crippen molar-refractivity contribution in [1.82, 2.24) is 5.32 Å². The Hall–Kier alpha value is -0.650. The molecular formula is C9H17NO4. The van der Waals surface area contributed by atoms with Crippen LogP contribution >= 0.6 is 0 Å². The van der Waals surface area contributed by atoms with Gasteiger partial charge in [-0.1, -0.05) is 0 Å². The largest absolute Gasteiger partial charge is 0.394 e. The molecule has 14 heavy (non-hydrogen) atoms. The van der Waals surface area contributed by atoms with Gasteiger partial charge in [-0.2, -0.15) is 0 Å². The summed E-state index contributed by atoms with van der Waals surface area (Å²) >= 11 is 0. The van der Waals surface area contributed by atoms with Crippen LogP contribution in [0.1, 0.15) is 19.3 Å². The summed E-state index contributed by atoms with van der Waals surface area (Å²) in [6.45, 7) is 0.499. The van der Waals surface area contributed by atoms with Crippen LogP contribution in [-0.2, 0) is 9.53 Å². The van der Waals surface area contributed by atoms with E-state index in [0.717, 1.165) is 19.4 Å². The standard InChI is InChI=1S/C9H17NO4/c11-6-7(12)5-10-9(13)4-8-2-1-3-14-8/h7-8,11-12H,1-6H2,(H,10,13). The lowest BCUT2D eigenvalue weighted by Gasteiger charge is -2.11. The first kappa shape index (κ1) is 11.4. The van der Waals surface area contributed by atoms with Gasteiger partial charge in [0.25, 0.3) is 0 Å². The minimum absolute atomic E-state index is 0.0290. The Kier molecular flexibility index (Phi) is 4.86. The molecule has 0 aromatic rings. The van der Waals surface area contributed by atoms with E-state index in [1.165, 1.54) is 0 Å². The zero-order valence-corrected chi connectivity index (χ0v) is 8.11. The van der Waals surface area contributed by atoms with Crippen molar-refractivity contribution in [3.05, 3.63) is 0 Å². The lowest BCUT2D eigenvalue weighted by molar-refractivity contribution is -0.123. The molecule has 3 N–H and O–H groups in total. The zero-order chi connectivity index (χ0) is 10.4. The Balaban J connectivity index is 2.09. The average molecular weight is 203 g/mol. The highest BCUT2D eigenvalue weighted by atomic mass is 16.5. The van der Waals surface area contributed by atoms with Crippen LogP contribution in [0.25, 0.3) is 0 Å². The van der Waals surface area contributed by atoms with E-state index in [2.05, 4.69) is 5.32 Å². The van der Waals surface area contributed by atoms with E-state index in [0.29, 0.717) is 6.42 Å².